The maximum absolute atomic E-state index is 13.1. The number of carbonyl (C=O) groups is 2. The molecule has 0 aromatic heterocycles. The van der Waals surface area contributed by atoms with Gasteiger partial charge in [-0.3, -0.25) is 9.59 Å². The van der Waals surface area contributed by atoms with E-state index in [1.165, 1.54) is 4.90 Å². The molecular weight excluding hydrogens is 386 g/mol. The highest BCUT2D eigenvalue weighted by atomic mass is 16.5. The summed E-state index contributed by atoms with van der Waals surface area (Å²) in [6.45, 7) is 0. The van der Waals surface area contributed by atoms with E-state index in [1.54, 1.807) is 32.4 Å². The third-order valence-electron chi connectivity index (χ3n) is 5.18. The minimum atomic E-state index is -0.306. The molecule has 1 heterocycles. The van der Waals surface area contributed by atoms with Gasteiger partial charge in [-0.25, -0.2) is 0 Å². The van der Waals surface area contributed by atoms with Crippen molar-refractivity contribution in [2.75, 3.05) is 19.1 Å². The number of methoxy groups -OCH3 is 1. The standard InChI is InChI=1S/C27H21NO3/c1-28-25-16-13-21(10-6-9-19-11-14-22(31-2)15-12-19)17-23(25)26(29)24(27(28)30)18-20-7-4-3-5-8-20/h3-5,7-8,11-18H,9H2,1-2H3/b24-18+. The number of hydrogen-bond acceptors (Lipinski definition) is 3. The molecule has 0 unspecified atom stereocenters. The number of anilines is 1. The van der Waals surface area contributed by atoms with E-state index in [9.17, 15) is 9.59 Å². The van der Waals surface area contributed by atoms with Gasteiger partial charge in [-0.2, -0.15) is 0 Å². The van der Waals surface area contributed by atoms with E-state index in [1.807, 2.05) is 60.7 Å². The highest BCUT2D eigenvalue weighted by Gasteiger charge is 2.32. The van der Waals surface area contributed by atoms with Gasteiger partial charge in [0.25, 0.3) is 5.91 Å². The fourth-order valence-electron chi connectivity index (χ4n) is 3.46. The van der Waals surface area contributed by atoms with Gasteiger partial charge in [0.2, 0.25) is 5.78 Å². The van der Waals surface area contributed by atoms with Crippen LogP contribution >= 0.6 is 0 Å². The van der Waals surface area contributed by atoms with Gasteiger partial charge in [-0.15, -0.1) is 0 Å². The molecule has 4 heteroatoms. The first-order valence-electron chi connectivity index (χ1n) is 9.92. The average Bonchev–Trinajstić information content (AvgIpc) is 2.81. The molecule has 31 heavy (non-hydrogen) atoms. The van der Waals surface area contributed by atoms with Crippen LogP contribution in [0.4, 0.5) is 5.69 Å². The lowest BCUT2D eigenvalue weighted by molar-refractivity contribution is -0.114. The number of Topliss-reactive ketones (excluding diaryl/α,β-unsaturated/α-hetero) is 1. The second kappa shape index (κ2) is 8.73. The Morgan fingerprint density at radius 3 is 2.42 bits per heavy atom. The fourth-order valence-corrected chi connectivity index (χ4v) is 3.46. The molecule has 0 N–H and O–H groups in total. The van der Waals surface area contributed by atoms with Gasteiger partial charge in [-0.05, 0) is 47.5 Å². The van der Waals surface area contributed by atoms with Crippen molar-refractivity contribution in [2.24, 2.45) is 0 Å². The number of amides is 1. The fraction of sp³-hybridized carbons (Fsp3) is 0.111. The Hall–Kier alpha value is -4.10. The number of carbonyl (C=O) groups excluding carboxylic acids is 2. The van der Waals surface area contributed by atoms with Gasteiger partial charge < -0.3 is 9.64 Å². The van der Waals surface area contributed by atoms with Crippen molar-refractivity contribution in [1.29, 1.82) is 0 Å². The van der Waals surface area contributed by atoms with Crippen LogP contribution in [0.15, 0.2) is 78.4 Å². The molecule has 4 rings (SSSR count). The molecule has 0 atom stereocenters. The van der Waals surface area contributed by atoms with Crippen LogP contribution < -0.4 is 9.64 Å². The number of ketones is 1. The Kier molecular flexibility index (Phi) is 5.68. The molecule has 0 spiro atoms. The van der Waals surface area contributed by atoms with Crippen LogP contribution in [0.3, 0.4) is 0 Å². The zero-order valence-electron chi connectivity index (χ0n) is 17.4. The molecule has 3 aromatic carbocycles. The van der Waals surface area contributed by atoms with Crippen LogP contribution in [0, 0.1) is 11.8 Å². The number of ether oxygens (including phenoxy) is 1. The van der Waals surface area contributed by atoms with E-state index in [2.05, 4.69) is 11.8 Å². The van der Waals surface area contributed by atoms with Gasteiger partial charge in [0.15, 0.2) is 0 Å². The van der Waals surface area contributed by atoms with E-state index in [-0.39, 0.29) is 17.3 Å². The number of benzene rings is 3. The number of fused-ring (bicyclic) bond motifs is 1. The van der Waals surface area contributed by atoms with Crippen LogP contribution in [0.5, 0.6) is 5.75 Å². The maximum atomic E-state index is 13.1. The smallest absolute Gasteiger partial charge is 0.262 e. The monoisotopic (exact) mass is 407 g/mol. The molecule has 4 nitrogen and oxygen atoms in total. The number of hydrogen-bond donors (Lipinski definition) is 0. The van der Waals surface area contributed by atoms with E-state index in [0.717, 1.165) is 22.4 Å². The lowest BCUT2D eigenvalue weighted by atomic mass is 9.92. The number of likely N-dealkylation sites (N-methyl/N-ethyl adjacent to an activating group) is 1. The Morgan fingerprint density at radius 1 is 0.968 bits per heavy atom. The van der Waals surface area contributed by atoms with Crippen LogP contribution in [0.25, 0.3) is 6.08 Å². The predicted molar refractivity (Wildman–Crippen MR) is 122 cm³/mol. The topological polar surface area (TPSA) is 46.6 Å². The lowest BCUT2D eigenvalue weighted by Crippen LogP contribution is -2.36. The van der Waals surface area contributed by atoms with Gasteiger partial charge in [-0.1, -0.05) is 54.3 Å². The summed E-state index contributed by atoms with van der Waals surface area (Å²) >= 11 is 0. The van der Waals surface area contributed by atoms with Crippen molar-refractivity contribution in [3.8, 4) is 17.6 Å². The van der Waals surface area contributed by atoms with E-state index in [0.29, 0.717) is 17.7 Å². The Morgan fingerprint density at radius 2 is 1.71 bits per heavy atom. The Labute approximate surface area is 181 Å². The van der Waals surface area contributed by atoms with Crippen molar-refractivity contribution in [2.45, 2.75) is 6.42 Å². The van der Waals surface area contributed by atoms with Gasteiger partial charge >= 0.3 is 0 Å². The Bertz CT molecular complexity index is 1230. The van der Waals surface area contributed by atoms with Crippen LogP contribution in [-0.2, 0) is 11.2 Å². The van der Waals surface area contributed by atoms with Crippen LogP contribution in [-0.4, -0.2) is 25.8 Å². The minimum Gasteiger partial charge on any atom is -0.497 e. The van der Waals surface area contributed by atoms with E-state index >= 15 is 0 Å². The molecule has 0 radical (unpaired) electrons. The number of rotatable bonds is 3. The SMILES string of the molecule is COc1ccc(CC#Cc2ccc3c(c2)C(=O)/C(=C\c2ccccc2)C(=O)N3C)cc1. The molecule has 1 amide bonds. The first-order chi connectivity index (χ1) is 15.1. The van der Waals surface area contributed by atoms with Crippen molar-refractivity contribution in [3.05, 3.63) is 101 Å². The molecule has 152 valence electrons. The zero-order chi connectivity index (χ0) is 21.8. The van der Waals surface area contributed by atoms with Crippen LogP contribution in [0.1, 0.15) is 27.0 Å². The molecule has 3 aromatic rings. The summed E-state index contributed by atoms with van der Waals surface area (Å²) in [6, 6.07) is 22.5. The van der Waals surface area contributed by atoms with Crippen molar-refractivity contribution in [1.82, 2.24) is 0 Å². The van der Waals surface area contributed by atoms with Crippen molar-refractivity contribution in [3.63, 3.8) is 0 Å². The van der Waals surface area contributed by atoms with Gasteiger partial charge in [0.1, 0.15) is 5.75 Å². The van der Waals surface area contributed by atoms with Crippen molar-refractivity contribution >= 4 is 23.5 Å². The lowest BCUT2D eigenvalue weighted by Gasteiger charge is -2.26. The quantitative estimate of drug-likeness (QED) is 0.364. The summed E-state index contributed by atoms with van der Waals surface area (Å²) in [4.78, 5) is 27.4. The van der Waals surface area contributed by atoms with Crippen LogP contribution in [0.2, 0.25) is 0 Å². The summed E-state index contributed by atoms with van der Waals surface area (Å²) in [6.07, 6.45) is 2.23. The summed E-state index contributed by atoms with van der Waals surface area (Å²) < 4.78 is 5.17. The summed E-state index contributed by atoms with van der Waals surface area (Å²) in [5.41, 5.74) is 3.88. The predicted octanol–water partition coefficient (Wildman–Crippen LogP) is 4.53. The first-order valence-corrected chi connectivity index (χ1v) is 9.92. The highest BCUT2D eigenvalue weighted by molar-refractivity contribution is 6.36. The third-order valence-corrected chi connectivity index (χ3v) is 5.18. The first kappa shape index (κ1) is 20.2. The minimum absolute atomic E-state index is 0.157. The molecule has 0 bridgehead atoms. The molecule has 0 saturated carbocycles. The number of nitrogens with zero attached hydrogens (tertiary/aromatic N) is 1. The van der Waals surface area contributed by atoms with E-state index in [4.69, 9.17) is 4.74 Å². The molecule has 0 saturated heterocycles. The molecule has 1 aliphatic heterocycles. The normalized spacial score (nSPS) is 14.1. The van der Waals surface area contributed by atoms with E-state index < -0.39 is 0 Å². The van der Waals surface area contributed by atoms with Crippen molar-refractivity contribution < 1.29 is 14.3 Å². The molecule has 0 aliphatic carbocycles. The highest BCUT2D eigenvalue weighted by Crippen LogP contribution is 2.31. The summed E-state index contributed by atoms with van der Waals surface area (Å²) in [5, 5.41) is 0. The largest absolute Gasteiger partial charge is 0.497 e. The van der Waals surface area contributed by atoms with Gasteiger partial charge in [0.05, 0.1) is 18.4 Å². The average molecular weight is 407 g/mol. The second-order valence-electron chi connectivity index (χ2n) is 7.22. The third kappa shape index (κ3) is 4.26. The Balaban J connectivity index is 1.61. The molecule has 0 fully saturated rings. The maximum Gasteiger partial charge on any atom is 0.262 e. The second-order valence-corrected chi connectivity index (χ2v) is 7.22. The molecule has 1 aliphatic rings. The molecular formula is C27H21NO3. The summed E-state index contributed by atoms with van der Waals surface area (Å²) in [5.74, 6) is 6.50. The van der Waals surface area contributed by atoms with Gasteiger partial charge in [0, 0.05) is 24.6 Å². The summed E-state index contributed by atoms with van der Waals surface area (Å²) in [7, 11) is 3.32. The zero-order valence-corrected chi connectivity index (χ0v) is 17.4.